The Bertz CT molecular complexity index is 1090. The number of rotatable bonds is 7. The second-order valence-corrected chi connectivity index (χ2v) is 10.2. The predicted octanol–water partition coefficient (Wildman–Crippen LogP) is 4.73. The number of nitrogens with zero attached hydrogens (tertiary/aromatic N) is 4. The van der Waals surface area contributed by atoms with E-state index in [0.717, 1.165) is 57.3 Å². The van der Waals surface area contributed by atoms with Crippen LogP contribution in [-0.4, -0.2) is 43.7 Å². The molecule has 0 radical (unpaired) electrons. The molecule has 3 heterocycles. The standard InChI is InChI=1S/C23H30N6OS/c1-12(2)19-20-17(8-9-24-19)31-22(28-20)18-13(3)25-23(27-15-6-7-15)29-21(18)26-16-5-4-14(10-16)11-30/h8-9,12,14-16,30H,4-7,10-11H2,1-3H3,(H2,25,26,27,29). The van der Waals surface area contributed by atoms with Gasteiger partial charge in [0.15, 0.2) is 0 Å². The minimum absolute atomic E-state index is 0.255. The number of aliphatic hydroxyl groups is 1. The number of pyridine rings is 1. The number of anilines is 2. The van der Waals surface area contributed by atoms with E-state index in [2.05, 4.69) is 29.5 Å². The number of thiazole rings is 1. The quantitative estimate of drug-likeness (QED) is 0.491. The summed E-state index contributed by atoms with van der Waals surface area (Å²) in [6.07, 6.45) is 7.28. The molecule has 3 aromatic heterocycles. The van der Waals surface area contributed by atoms with E-state index >= 15 is 0 Å². The van der Waals surface area contributed by atoms with Crippen molar-refractivity contribution in [3.05, 3.63) is 23.7 Å². The van der Waals surface area contributed by atoms with Gasteiger partial charge in [0.05, 0.1) is 21.7 Å². The highest BCUT2D eigenvalue weighted by molar-refractivity contribution is 7.21. The number of hydrogen-bond acceptors (Lipinski definition) is 8. The molecule has 7 nitrogen and oxygen atoms in total. The second-order valence-electron chi connectivity index (χ2n) is 9.19. The van der Waals surface area contributed by atoms with Crippen molar-refractivity contribution in [3.63, 3.8) is 0 Å². The largest absolute Gasteiger partial charge is 0.396 e. The average molecular weight is 439 g/mol. The Kier molecular flexibility index (Phi) is 5.52. The van der Waals surface area contributed by atoms with Crippen LogP contribution in [0.15, 0.2) is 12.3 Å². The summed E-state index contributed by atoms with van der Waals surface area (Å²) < 4.78 is 1.14. The Balaban J connectivity index is 1.56. The maximum atomic E-state index is 9.55. The molecule has 3 N–H and O–H groups in total. The molecular weight excluding hydrogens is 408 g/mol. The third-order valence-electron chi connectivity index (χ3n) is 6.24. The molecule has 5 rings (SSSR count). The molecular formula is C23H30N6OS. The van der Waals surface area contributed by atoms with Crippen LogP contribution >= 0.6 is 11.3 Å². The normalized spacial score (nSPS) is 21.2. The molecule has 8 heteroatoms. The Hall–Kier alpha value is -2.32. The van der Waals surface area contributed by atoms with Crippen molar-refractivity contribution in [2.75, 3.05) is 17.2 Å². The van der Waals surface area contributed by atoms with Crippen molar-refractivity contribution in [1.82, 2.24) is 19.9 Å². The summed E-state index contributed by atoms with van der Waals surface area (Å²) >= 11 is 1.67. The molecule has 31 heavy (non-hydrogen) atoms. The fourth-order valence-corrected chi connectivity index (χ4v) is 5.45. The zero-order valence-corrected chi connectivity index (χ0v) is 19.2. The number of nitrogens with one attached hydrogen (secondary N) is 2. The molecule has 3 aromatic rings. The second kappa shape index (κ2) is 8.31. The first-order valence-electron chi connectivity index (χ1n) is 11.3. The highest BCUT2D eigenvalue weighted by Gasteiger charge is 2.28. The molecule has 2 aliphatic rings. The average Bonchev–Trinajstić information content (AvgIpc) is 3.26. The molecule has 2 fully saturated rings. The summed E-state index contributed by atoms with van der Waals surface area (Å²) in [5.74, 6) is 2.22. The minimum Gasteiger partial charge on any atom is -0.396 e. The smallest absolute Gasteiger partial charge is 0.225 e. The van der Waals surface area contributed by atoms with Gasteiger partial charge in [-0.1, -0.05) is 13.8 Å². The lowest BCUT2D eigenvalue weighted by atomic mass is 10.1. The first kappa shape index (κ1) is 20.6. The van der Waals surface area contributed by atoms with Gasteiger partial charge in [-0.15, -0.1) is 11.3 Å². The zero-order chi connectivity index (χ0) is 21.5. The van der Waals surface area contributed by atoms with Gasteiger partial charge in [0.2, 0.25) is 5.95 Å². The van der Waals surface area contributed by atoms with E-state index in [1.165, 1.54) is 12.8 Å². The monoisotopic (exact) mass is 438 g/mol. The van der Waals surface area contributed by atoms with Gasteiger partial charge < -0.3 is 15.7 Å². The van der Waals surface area contributed by atoms with Crippen LogP contribution in [0, 0.1) is 12.8 Å². The molecule has 2 unspecified atom stereocenters. The number of fused-ring (bicyclic) bond motifs is 1. The van der Waals surface area contributed by atoms with Crippen LogP contribution in [0.5, 0.6) is 0 Å². The van der Waals surface area contributed by atoms with E-state index in [1.807, 2.05) is 19.2 Å². The SMILES string of the molecule is Cc1nc(NC2CC2)nc(NC2CCC(CO)C2)c1-c1nc2c(C(C)C)nccc2s1. The van der Waals surface area contributed by atoms with Crippen LogP contribution in [0.2, 0.25) is 0 Å². The molecule has 0 saturated heterocycles. The molecule has 2 saturated carbocycles. The van der Waals surface area contributed by atoms with E-state index in [-0.39, 0.29) is 6.61 Å². The van der Waals surface area contributed by atoms with E-state index < -0.39 is 0 Å². The maximum Gasteiger partial charge on any atom is 0.225 e. The van der Waals surface area contributed by atoms with Crippen LogP contribution in [0.3, 0.4) is 0 Å². The molecule has 0 spiro atoms. The van der Waals surface area contributed by atoms with Gasteiger partial charge in [-0.25, -0.2) is 9.97 Å². The lowest BCUT2D eigenvalue weighted by molar-refractivity contribution is 0.229. The van der Waals surface area contributed by atoms with Crippen molar-refractivity contribution < 1.29 is 5.11 Å². The fourth-order valence-electron chi connectivity index (χ4n) is 4.38. The molecule has 0 bridgehead atoms. The summed E-state index contributed by atoms with van der Waals surface area (Å²) in [4.78, 5) is 19.2. The van der Waals surface area contributed by atoms with E-state index in [4.69, 9.17) is 15.0 Å². The predicted molar refractivity (Wildman–Crippen MR) is 126 cm³/mol. The summed E-state index contributed by atoms with van der Waals surface area (Å²) in [6, 6.07) is 2.84. The number of hydrogen-bond donors (Lipinski definition) is 3. The summed E-state index contributed by atoms with van der Waals surface area (Å²) in [6.45, 7) is 6.60. The number of aliphatic hydroxyl groups excluding tert-OH is 1. The van der Waals surface area contributed by atoms with Crippen LogP contribution in [0.4, 0.5) is 11.8 Å². The lowest BCUT2D eigenvalue weighted by Crippen LogP contribution is -2.19. The topological polar surface area (TPSA) is 95.9 Å². The maximum absolute atomic E-state index is 9.55. The van der Waals surface area contributed by atoms with Crippen LogP contribution in [0.1, 0.15) is 63.3 Å². The van der Waals surface area contributed by atoms with Gasteiger partial charge >= 0.3 is 0 Å². The first-order chi connectivity index (χ1) is 15.0. The third-order valence-corrected chi connectivity index (χ3v) is 7.28. The van der Waals surface area contributed by atoms with Crippen LogP contribution in [-0.2, 0) is 0 Å². The van der Waals surface area contributed by atoms with Gasteiger partial charge in [-0.3, -0.25) is 4.98 Å². The Labute approximate surface area is 186 Å². The summed E-state index contributed by atoms with van der Waals surface area (Å²) in [7, 11) is 0. The minimum atomic E-state index is 0.255. The molecule has 2 atom stereocenters. The fraction of sp³-hybridized carbons (Fsp3) is 0.565. The lowest BCUT2D eigenvalue weighted by Gasteiger charge is -2.18. The van der Waals surface area contributed by atoms with Crippen LogP contribution in [0.25, 0.3) is 20.8 Å². The molecule has 0 aromatic carbocycles. The van der Waals surface area contributed by atoms with Gasteiger partial charge in [0, 0.05) is 24.9 Å². The molecule has 2 aliphatic carbocycles. The molecule has 0 amide bonds. The zero-order valence-electron chi connectivity index (χ0n) is 18.4. The third kappa shape index (κ3) is 4.23. The van der Waals surface area contributed by atoms with Crippen molar-refractivity contribution in [2.24, 2.45) is 5.92 Å². The van der Waals surface area contributed by atoms with Crippen LogP contribution < -0.4 is 10.6 Å². The van der Waals surface area contributed by atoms with Crippen molar-refractivity contribution in [1.29, 1.82) is 0 Å². The Morgan fingerprint density at radius 1 is 1.10 bits per heavy atom. The highest BCUT2D eigenvalue weighted by Crippen LogP contribution is 2.39. The molecule has 0 aliphatic heterocycles. The van der Waals surface area contributed by atoms with Gasteiger partial charge in [0.25, 0.3) is 0 Å². The van der Waals surface area contributed by atoms with Gasteiger partial charge in [-0.2, -0.15) is 4.98 Å². The number of aryl methyl sites for hydroxylation is 1. The Morgan fingerprint density at radius 3 is 2.61 bits per heavy atom. The van der Waals surface area contributed by atoms with Crippen molar-refractivity contribution in [3.8, 4) is 10.6 Å². The van der Waals surface area contributed by atoms with E-state index in [9.17, 15) is 5.11 Å². The highest BCUT2D eigenvalue weighted by atomic mass is 32.1. The van der Waals surface area contributed by atoms with Gasteiger partial charge in [-0.05, 0) is 56.9 Å². The first-order valence-corrected chi connectivity index (χ1v) is 12.1. The Morgan fingerprint density at radius 2 is 1.90 bits per heavy atom. The number of aromatic nitrogens is 4. The molecule has 164 valence electrons. The van der Waals surface area contributed by atoms with E-state index in [0.29, 0.717) is 29.9 Å². The summed E-state index contributed by atoms with van der Waals surface area (Å²) in [5.41, 5.74) is 3.91. The van der Waals surface area contributed by atoms with Crippen molar-refractivity contribution in [2.45, 2.75) is 70.9 Å². The van der Waals surface area contributed by atoms with Crippen molar-refractivity contribution >= 4 is 33.3 Å². The van der Waals surface area contributed by atoms with Gasteiger partial charge in [0.1, 0.15) is 16.3 Å². The van der Waals surface area contributed by atoms with E-state index in [1.54, 1.807) is 11.3 Å². The summed E-state index contributed by atoms with van der Waals surface area (Å²) in [5, 5.41) is 17.6.